The normalized spacial score (nSPS) is 13.0. The van der Waals surface area contributed by atoms with E-state index in [0.717, 1.165) is 35.5 Å². The zero-order valence-corrected chi connectivity index (χ0v) is 16.3. The van der Waals surface area contributed by atoms with Crippen molar-refractivity contribution in [3.05, 3.63) is 93.5 Å². The third-order valence-corrected chi connectivity index (χ3v) is 5.16. The molecule has 1 aliphatic heterocycles. The second-order valence-electron chi connectivity index (χ2n) is 6.75. The molecule has 3 aromatic carbocycles. The van der Waals surface area contributed by atoms with Gasteiger partial charge in [0.15, 0.2) is 18.0 Å². The van der Waals surface area contributed by atoms with Gasteiger partial charge in [0.25, 0.3) is 5.69 Å². The Morgan fingerprint density at radius 2 is 1.59 bits per heavy atom. The van der Waals surface area contributed by atoms with Crippen molar-refractivity contribution in [2.45, 2.75) is 6.42 Å². The number of non-ortho nitro benzene ring substituents is 1. The van der Waals surface area contributed by atoms with Gasteiger partial charge in [-0.1, -0.05) is 18.2 Å². The topological polar surface area (TPSA) is 64.6 Å². The fourth-order valence-corrected chi connectivity index (χ4v) is 3.76. The van der Waals surface area contributed by atoms with Gasteiger partial charge in [-0.3, -0.25) is 10.1 Å². The second-order valence-corrected chi connectivity index (χ2v) is 6.75. The smallest absolute Gasteiger partial charge is 0.269 e. The van der Waals surface area contributed by atoms with Gasteiger partial charge in [0.2, 0.25) is 11.4 Å². The number of hydrogen-bond donors (Lipinski definition) is 0. The zero-order chi connectivity index (χ0) is 20.4. The lowest BCUT2D eigenvalue weighted by Gasteiger charge is -2.20. The van der Waals surface area contributed by atoms with Crippen molar-refractivity contribution in [2.75, 3.05) is 20.8 Å². The summed E-state index contributed by atoms with van der Waals surface area (Å²) in [6, 6.07) is 20.9. The molecule has 0 radical (unpaired) electrons. The molecule has 0 fully saturated rings. The number of nitro groups is 1. The molecule has 0 aliphatic carbocycles. The van der Waals surface area contributed by atoms with Crippen LogP contribution < -0.4 is 9.47 Å². The number of fused-ring (bicyclic) bond motifs is 1. The number of rotatable bonds is 5. The van der Waals surface area contributed by atoms with E-state index in [1.54, 1.807) is 38.5 Å². The summed E-state index contributed by atoms with van der Waals surface area (Å²) in [4.78, 5) is 10.6. The molecule has 146 valence electrons. The minimum Gasteiger partial charge on any atom is -0.493 e. The van der Waals surface area contributed by atoms with Gasteiger partial charge in [-0.05, 0) is 29.8 Å². The molecule has 0 N–H and O–H groups in total. The third kappa shape index (κ3) is 3.45. The highest BCUT2D eigenvalue weighted by molar-refractivity contribution is 6.11. The van der Waals surface area contributed by atoms with Crippen LogP contribution in [0.4, 0.5) is 11.4 Å². The van der Waals surface area contributed by atoms with Crippen molar-refractivity contribution < 1.29 is 19.0 Å². The molecule has 29 heavy (non-hydrogen) atoms. The van der Waals surface area contributed by atoms with Gasteiger partial charge >= 0.3 is 0 Å². The van der Waals surface area contributed by atoms with Crippen LogP contribution in [0.5, 0.6) is 11.5 Å². The number of nitrogens with zero attached hydrogens (tertiary/aromatic N) is 2. The predicted octanol–water partition coefficient (Wildman–Crippen LogP) is 4.35. The SMILES string of the molecule is COc1cc2c(cc1OC)C(c1ccccc1)=[N+](c1ccc([N+](=O)[O-])cc1)CC2. The minimum absolute atomic E-state index is 0.0822. The maximum Gasteiger partial charge on any atom is 0.269 e. The number of nitro benzene ring substituents is 1. The Balaban J connectivity index is 1.95. The van der Waals surface area contributed by atoms with Crippen LogP contribution in [0.1, 0.15) is 16.7 Å². The Labute approximate surface area is 168 Å². The van der Waals surface area contributed by atoms with E-state index in [0.29, 0.717) is 11.5 Å². The lowest BCUT2D eigenvalue weighted by atomic mass is 9.91. The maximum absolute atomic E-state index is 11.0. The average Bonchev–Trinajstić information content (AvgIpc) is 2.77. The lowest BCUT2D eigenvalue weighted by molar-refractivity contribution is -0.441. The van der Waals surface area contributed by atoms with Crippen LogP contribution in [0.25, 0.3) is 0 Å². The summed E-state index contributed by atoms with van der Waals surface area (Å²) < 4.78 is 13.2. The van der Waals surface area contributed by atoms with Gasteiger partial charge in [0, 0.05) is 36.2 Å². The van der Waals surface area contributed by atoms with Gasteiger partial charge in [-0.15, -0.1) is 0 Å². The van der Waals surface area contributed by atoms with Crippen molar-refractivity contribution in [2.24, 2.45) is 0 Å². The van der Waals surface area contributed by atoms with Gasteiger partial charge in [0.1, 0.15) is 0 Å². The van der Waals surface area contributed by atoms with E-state index in [4.69, 9.17) is 9.47 Å². The zero-order valence-electron chi connectivity index (χ0n) is 16.3. The molecule has 0 spiro atoms. The summed E-state index contributed by atoms with van der Waals surface area (Å²) in [5.74, 6) is 1.38. The number of benzene rings is 3. The van der Waals surface area contributed by atoms with Gasteiger partial charge in [0.05, 0.1) is 24.7 Å². The summed E-state index contributed by atoms with van der Waals surface area (Å²) in [5.41, 5.74) is 5.35. The summed E-state index contributed by atoms with van der Waals surface area (Å²) in [6.07, 6.45) is 0.822. The molecule has 0 amide bonds. The van der Waals surface area contributed by atoms with E-state index < -0.39 is 0 Å². The first-order chi connectivity index (χ1) is 14.1. The van der Waals surface area contributed by atoms with Crippen molar-refractivity contribution in [3.63, 3.8) is 0 Å². The van der Waals surface area contributed by atoms with Gasteiger partial charge in [-0.25, -0.2) is 0 Å². The first-order valence-corrected chi connectivity index (χ1v) is 9.32. The minimum atomic E-state index is -0.381. The Hall–Kier alpha value is -3.67. The summed E-state index contributed by atoms with van der Waals surface area (Å²) >= 11 is 0. The Morgan fingerprint density at radius 3 is 2.21 bits per heavy atom. The van der Waals surface area contributed by atoms with Crippen LogP contribution in [0.2, 0.25) is 0 Å². The van der Waals surface area contributed by atoms with E-state index in [9.17, 15) is 10.1 Å². The summed E-state index contributed by atoms with van der Waals surface area (Å²) in [7, 11) is 3.27. The quantitative estimate of drug-likeness (QED) is 0.370. The molecule has 0 saturated carbocycles. The second kappa shape index (κ2) is 7.75. The largest absolute Gasteiger partial charge is 0.493 e. The molecule has 1 aliphatic rings. The standard InChI is InChI=1S/C23H21N2O4/c1-28-21-14-17-12-13-24(18-8-10-19(11-9-18)25(26)27)23(16-6-4-3-5-7-16)20(17)15-22(21)29-2/h3-11,14-15H,12-13H2,1-2H3/q+1. The van der Waals surface area contributed by atoms with Crippen LogP contribution in [0.15, 0.2) is 66.7 Å². The maximum atomic E-state index is 11.0. The monoisotopic (exact) mass is 389 g/mol. The van der Waals surface area contributed by atoms with Gasteiger partial charge < -0.3 is 9.47 Å². The third-order valence-electron chi connectivity index (χ3n) is 5.16. The molecule has 0 saturated heterocycles. The van der Waals surface area contributed by atoms with Crippen LogP contribution >= 0.6 is 0 Å². The Bertz CT molecular complexity index is 1090. The Kier molecular flexibility index (Phi) is 4.99. The van der Waals surface area contributed by atoms with Crippen molar-refractivity contribution >= 4 is 17.1 Å². The van der Waals surface area contributed by atoms with Crippen molar-refractivity contribution in [1.29, 1.82) is 0 Å². The molecule has 3 aromatic rings. The van der Waals surface area contributed by atoms with E-state index in [1.165, 1.54) is 5.56 Å². The van der Waals surface area contributed by atoms with Crippen LogP contribution in [-0.4, -0.2) is 36.0 Å². The number of methoxy groups -OCH3 is 2. The molecule has 0 atom stereocenters. The van der Waals surface area contributed by atoms with Gasteiger partial charge in [-0.2, -0.15) is 4.58 Å². The highest BCUT2D eigenvalue weighted by Gasteiger charge is 2.30. The highest BCUT2D eigenvalue weighted by Crippen LogP contribution is 2.35. The average molecular weight is 389 g/mol. The van der Waals surface area contributed by atoms with Crippen molar-refractivity contribution in [1.82, 2.24) is 0 Å². The fraction of sp³-hybridized carbons (Fsp3) is 0.174. The molecule has 6 heteroatoms. The highest BCUT2D eigenvalue weighted by atomic mass is 16.6. The van der Waals surface area contributed by atoms with E-state index >= 15 is 0 Å². The molecule has 0 bridgehead atoms. The lowest BCUT2D eigenvalue weighted by Crippen LogP contribution is -2.28. The molecule has 1 heterocycles. The van der Waals surface area contributed by atoms with E-state index in [-0.39, 0.29) is 10.6 Å². The Morgan fingerprint density at radius 1 is 0.931 bits per heavy atom. The summed E-state index contributed by atoms with van der Waals surface area (Å²) in [5, 5.41) is 11.0. The molecule has 6 nitrogen and oxygen atoms in total. The first kappa shape index (κ1) is 18.7. The number of ether oxygens (including phenoxy) is 2. The van der Waals surface area contributed by atoms with Crippen LogP contribution in [0.3, 0.4) is 0 Å². The molecule has 0 aromatic heterocycles. The van der Waals surface area contributed by atoms with Crippen molar-refractivity contribution in [3.8, 4) is 11.5 Å². The van der Waals surface area contributed by atoms with Crippen LogP contribution in [-0.2, 0) is 6.42 Å². The predicted molar refractivity (Wildman–Crippen MR) is 111 cm³/mol. The molecular weight excluding hydrogens is 368 g/mol. The van der Waals surface area contributed by atoms with E-state index in [2.05, 4.69) is 16.7 Å². The van der Waals surface area contributed by atoms with Crippen LogP contribution in [0, 0.1) is 10.1 Å². The van der Waals surface area contributed by atoms with E-state index in [1.807, 2.05) is 30.3 Å². The summed E-state index contributed by atoms with van der Waals surface area (Å²) in [6.45, 7) is 0.754. The fourth-order valence-electron chi connectivity index (χ4n) is 3.76. The molecule has 4 rings (SSSR count). The molecular formula is C23H21N2O4+. The molecule has 0 unspecified atom stereocenters. The number of hydrogen-bond acceptors (Lipinski definition) is 4. The first-order valence-electron chi connectivity index (χ1n) is 9.32.